The average Bonchev–Trinajstić information content (AvgIpc) is 2.90. The fraction of sp³-hybridized carbons (Fsp3) is 0.500. The number of hydrogen-bond acceptors (Lipinski definition) is 3. The number of amides is 2. The zero-order valence-electron chi connectivity index (χ0n) is 13.1. The van der Waals surface area contributed by atoms with Crippen molar-refractivity contribution in [3.8, 4) is 0 Å². The van der Waals surface area contributed by atoms with Gasteiger partial charge in [-0.25, -0.2) is 9.78 Å². The van der Waals surface area contributed by atoms with Crippen molar-refractivity contribution < 1.29 is 9.90 Å². The number of rotatable bonds is 3. The first-order chi connectivity index (χ1) is 11.1. The van der Waals surface area contributed by atoms with E-state index in [-0.39, 0.29) is 18.6 Å². The van der Waals surface area contributed by atoms with Crippen LogP contribution in [0.15, 0.2) is 18.2 Å². The molecule has 1 aliphatic heterocycles. The highest BCUT2D eigenvalue weighted by Crippen LogP contribution is 2.23. The predicted octanol–water partition coefficient (Wildman–Crippen LogP) is 2.14. The maximum Gasteiger partial charge on any atom is 0.317 e. The number of likely N-dealkylation sites (tertiary alicyclic amines) is 1. The number of para-hydroxylation sites is 1. The Kier molecular flexibility index (Phi) is 4.73. The van der Waals surface area contributed by atoms with E-state index in [4.69, 9.17) is 11.6 Å². The van der Waals surface area contributed by atoms with Gasteiger partial charge in [0.15, 0.2) is 0 Å². The molecule has 0 bridgehead atoms. The number of aryl methyl sites for hydroxylation is 1. The van der Waals surface area contributed by atoms with Crippen LogP contribution in [0.5, 0.6) is 0 Å². The Morgan fingerprint density at radius 3 is 3.09 bits per heavy atom. The SMILES string of the molecule is Cn1c(CNC(=O)N2CCCC(CO)C2)nc2cccc(Cl)c21. The molecule has 6 nitrogen and oxygen atoms in total. The van der Waals surface area contributed by atoms with Crippen molar-refractivity contribution in [1.82, 2.24) is 19.8 Å². The maximum absolute atomic E-state index is 12.3. The zero-order valence-corrected chi connectivity index (χ0v) is 13.9. The van der Waals surface area contributed by atoms with Crippen LogP contribution in [0.1, 0.15) is 18.7 Å². The van der Waals surface area contributed by atoms with E-state index in [0.717, 1.165) is 36.2 Å². The van der Waals surface area contributed by atoms with E-state index in [1.54, 1.807) is 4.90 Å². The van der Waals surface area contributed by atoms with E-state index in [2.05, 4.69) is 10.3 Å². The number of carbonyl (C=O) groups excluding carboxylic acids is 1. The summed E-state index contributed by atoms with van der Waals surface area (Å²) < 4.78 is 1.91. The molecule has 1 aromatic carbocycles. The number of benzene rings is 1. The van der Waals surface area contributed by atoms with Gasteiger partial charge in [-0.05, 0) is 30.9 Å². The van der Waals surface area contributed by atoms with Crippen molar-refractivity contribution in [1.29, 1.82) is 0 Å². The Labute approximate surface area is 140 Å². The molecule has 3 rings (SSSR count). The first kappa shape index (κ1) is 16.1. The molecule has 1 fully saturated rings. The van der Waals surface area contributed by atoms with E-state index < -0.39 is 0 Å². The maximum atomic E-state index is 12.3. The summed E-state index contributed by atoms with van der Waals surface area (Å²) in [6, 6.07) is 5.49. The van der Waals surface area contributed by atoms with Gasteiger partial charge < -0.3 is 19.9 Å². The minimum atomic E-state index is -0.110. The van der Waals surface area contributed by atoms with Gasteiger partial charge in [-0.1, -0.05) is 17.7 Å². The lowest BCUT2D eigenvalue weighted by Crippen LogP contribution is -2.46. The number of piperidine rings is 1. The van der Waals surface area contributed by atoms with E-state index >= 15 is 0 Å². The highest BCUT2D eigenvalue weighted by Gasteiger charge is 2.23. The smallest absolute Gasteiger partial charge is 0.317 e. The zero-order chi connectivity index (χ0) is 16.4. The lowest BCUT2D eigenvalue weighted by molar-refractivity contribution is 0.129. The van der Waals surface area contributed by atoms with Gasteiger partial charge in [0, 0.05) is 26.7 Å². The fourth-order valence-corrected chi connectivity index (χ4v) is 3.39. The summed E-state index contributed by atoms with van der Waals surface area (Å²) >= 11 is 6.21. The molecule has 2 heterocycles. The number of nitrogens with zero attached hydrogens (tertiary/aromatic N) is 3. The molecule has 0 aliphatic carbocycles. The van der Waals surface area contributed by atoms with Crippen LogP contribution in [-0.2, 0) is 13.6 Å². The third-order valence-electron chi connectivity index (χ3n) is 4.40. The van der Waals surface area contributed by atoms with Crippen LogP contribution in [0.2, 0.25) is 5.02 Å². The lowest BCUT2D eigenvalue weighted by Gasteiger charge is -2.31. The molecule has 2 aromatic rings. The highest BCUT2D eigenvalue weighted by atomic mass is 35.5. The molecule has 7 heteroatoms. The number of imidazole rings is 1. The van der Waals surface area contributed by atoms with Crippen molar-refractivity contribution in [2.75, 3.05) is 19.7 Å². The van der Waals surface area contributed by atoms with E-state index in [9.17, 15) is 9.90 Å². The summed E-state index contributed by atoms with van der Waals surface area (Å²) in [6.45, 7) is 1.82. The Morgan fingerprint density at radius 1 is 1.52 bits per heavy atom. The molecule has 23 heavy (non-hydrogen) atoms. The number of aliphatic hydroxyl groups is 1. The number of aliphatic hydroxyl groups excluding tert-OH is 1. The molecule has 2 amide bonds. The molecule has 1 saturated heterocycles. The predicted molar refractivity (Wildman–Crippen MR) is 89.3 cm³/mol. The average molecular weight is 337 g/mol. The largest absolute Gasteiger partial charge is 0.396 e. The number of fused-ring (bicyclic) bond motifs is 1. The van der Waals surface area contributed by atoms with E-state index in [1.807, 2.05) is 29.8 Å². The van der Waals surface area contributed by atoms with Crippen LogP contribution in [-0.4, -0.2) is 45.3 Å². The Hall–Kier alpha value is -1.79. The third kappa shape index (κ3) is 3.28. The number of halogens is 1. The molecule has 0 radical (unpaired) electrons. The molecular formula is C16H21ClN4O2. The van der Waals surface area contributed by atoms with Crippen molar-refractivity contribution >= 4 is 28.7 Å². The van der Waals surface area contributed by atoms with Gasteiger partial charge in [-0.15, -0.1) is 0 Å². The number of urea groups is 1. The van der Waals surface area contributed by atoms with Gasteiger partial charge in [0.2, 0.25) is 0 Å². The second-order valence-corrected chi connectivity index (χ2v) is 6.40. The van der Waals surface area contributed by atoms with Gasteiger partial charge in [0.1, 0.15) is 5.82 Å². The molecular weight excluding hydrogens is 316 g/mol. The van der Waals surface area contributed by atoms with Crippen molar-refractivity contribution in [3.63, 3.8) is 0 Å². The summed E-state index contributed by atoms with van der Waals surface area (Å²) in [4.78, 5) is 18.6. The monoisotopic (exact) mass is 336 g/mol. The standard InChI is InChI=1S/C16H21ClN4O2/c1-20-14(19-13-6-2-5-12(17)15(13)20)8-18-16(23)21-7-3-4-11(9-21)10-22/h2,5-6,11,22H,3-4,7-10H2,1H3,(H,18,23). The summed E-state index contributed by atoms with van der Waals surface area (Å²) in [7, 11) is 1.89. The Morgan fingerprint density at radius 2 is 2.35 bits per heavy atom. The number of nitrogens with one attached hydrogen (secondary N) is 1. The second-order valence-electron chi connectivity index (χ2n) is 5.99. The molecule has 0 saturated carbocycles. The highest BCUT2D eigenvalue weighted by molar-refractivity contribution is 6.35. The quantitative estimate of drug-likeness (QED) is 0.902. The van der Waals surface area contributed by atoms with Gasteiger partial charge in [0.25, 0.3) is 0 Å². The van der Waals surface area contributed by atoms with Crippen LogP contribution in [0.3, 0.4) is 0 Å². The molecule has 1 aliphatic rings. The third-order valence-corrected chi connectivity index (χ3v) is 4.70. The van der Waals surface area contributed by atoms with Crippen LogP contribution in [0.4, 0.5) is 4.79 Å². The van der Waals surface area contributed by atoms with E-state index in [0.29, 0.717) is 18.1 Å². The van der Waals surface area contributed by atoms with Gasteiger partial charge in [0.05, 0.1) is 22.6 Å². The fourth-order valence-electron chi connectivity index (χ4n) is 3.09. The van der Waals surface area contributed by atoms with Crippen LogP contribution in [0.25, 0.3) is 11.0 Å². The molecule has 124 valence electrons. The normalized spacial score (nSPS) is 18.4. The van der Waals surface area contributed by atoms with Gasteiger partial charge in [-0.2, -0.15) is 0 Å². The summed E-state index contributed by atoms with van der Waals surface area (Å²) in [5, 5.41) is 12.8. The number of hydrogen-bond donors (Lipinski definition) is 2. The van der Waals surface area contributed by atoms with Crippen LogP contribution >= 0.6 is 11.6 Å². The first-order valence-corrected chi connectivity index (χ1v) is 8.21. The topological polar surface area (TPSA) is 70.4 Å². The van der Waals surface area contributed by atoms with Crippen LogP contribution in [0, 0.1) is 5.92 Å². The van der Waals surface area contributed by atoms with Gasteiger partial charge >= 0.3 is 6.03 Å². The second kappa shape index (κ2) is 6.76. The Bertz CT molecular complexity index is 715. The number of aromatic nitrogens is 2. The molecule has 2 N–H and O–H groups in total. The van der Waals surface area contributed by atoms with E-state index in [1.165, 1.54) is 0 Å². The van der Waals surface area contributed by atoms with Crippen molar-refractivity contribution in [2.24, 2.45) is 13.0 Å². The molecule has 1 aromatic heterocycles. The van der Waals surface area contributed by atoms with Crippen molar-refractivity contribution in [3.05, 3.63) is 29.0 Å². The van der Waals surface area contributed by atoms with Crippen molar-refractivity contribution in [2.45, 2.75) is 19.4 Å². The first-order valence-electron chi connectivity index (χ1n) is 7.83. The minimum Gasteiger partial charge on any atom is -0.396 e. The molecule has 0 spiro atoms. The Balaban J connectivity index is 1.67. The number of carbonyl (C=O) groups is 1. The minimum absolute atomic E-state index is 0.110. The lowest BCUT2D eigenvalue weighted by atomic mass is 9.99. The molecule has 1 atom stereocenters. The van der Waals surface area contributed by atoms with Crippen LogP contribution < -0.4 is 5.32 Å². The molecule has 1 unspecified atom stereocenters. The van der Waals surface area contributed by atoms with Gasteiger partial charge in [-0.3, -0.25) is 0 Å². The summed E-state index contributed by atoms with van der Waals surface area (Å²) in [6.07, 6.45) is 1.91. The summed E-state index contributed by atoms with van der Waals surface area (Å²) in [5.74, 6) is 0.946. The summed E-state index contributed by atoms with van der Waals surface area (Å²) in [5.41, 5.74) is 1.69.